The van der Waals surface area contributed by atoms with Crippen LogP contribution >= 0.6 is 0 Å². The maximum atomic E-state index is 5.41. The summed E-state index contributed by atoms with van der Waals surface area (Å²) >= 11 is 0. The van der Waals surface area contributed by atoms with Crippen molar-refractivity contribution < 1.29 is 14.2 Å². The molecule has 0 atom stereocenters. The minimum Gasteiger partial charge on any atom is -0.496 e. The average molecular weight is 243 g/mol. The summed E-state index contributed by atoms with van der Waals surface area (Å²) in [5.74, 6) is 1.81. The van der Waals surface area contributed by atoms with Crippen molar-refractivity contribution in [3.8, 4) is 28.4 Å². The van der Waals surface area contributed by atoms with Crippen LogP contribution in [0.3, 0.4) is 0 Å². The number of benzene rings is 2. The molecule has 0 saturated heterocycles. The van der Waals surface area contributed by atoms with Gasteiger partial charge < -0.3 is 14.2 Å². The zero-order chi connectivity index (χ0) is 13.0. The van der Waals surface area contributed by atoms with E-state index < -0.39 is 0 Å². The summed E-state index contributed by atoms with van der Waals surface area (Å²) in [6.45, 7) is 0. The number of hydrogen-bond acceptors (Lipinski definition) is 3. The molecule has 2 aromatic carbocycles. The van der Waals surface area contributed by atoms with E-state index in [1.54, 1.807) is 21.3 Å². The van der Waals surface area contributed by atoms with Gasteiger partial charge >= 0.3 is 0 Å². The average Bonchev–Trinajstić information content (AvgIpc) is 2.46. The minimum atomic E-state index is 0.538. The van der Waals surface area contributed by atoms with Crippen LogP contribution in [0.5, 0.6) is 17.2 Å². The Morgan fingerprint density at radius 1 is 0.889 bits per heavy atom. The Kier molecular flexibility index (Phi) is 3.72. The molecule has 0 spiro atoms. The number of methoxy groups -OCH3 is 3. The van der Waals surface area contributed by atoms with E-state index in [9.17, 15) is 0 Å². The third-order valence-corrected chi connectivity index (χ3v) is 2.68. The van der Waals surface area contributed by atoms with E-state index in [0.29, 0.717) is 17.2 Å². The van der Waals surface area contributed by atoms with E-state index in [2.05, 4.69) is 6.07 Å². The predicted octanol–water partition coefficient (Wildman–Crippen LogP) is 3.18. The summed E-state index contributed by atoms with van der Waals surface area (Å²) < 4.78 is 15.9. The monoisotopic (exact) mass is 243 g/mol. The van der Waals surface area contributed by atoms with E-state index in [1.807, 2.05) is 36.4 Å². The molecule has 0 bridgehead atoms. The summed E-state index contributed by atoms with van der Waals surface area (Å²) in [4.78, 5) is 0. The number of hydrogen-bond donors (Lipinski definition) is 0. The van der Waals surface area contributed by atoms with Gasteiger partial charge in [0.25, 0.3) is 0 Å². The number of ether oxygens (including phenoxy) is 3. The van der Waals surface area contributed by atoms with Crippen LogP contribution < -0.4 is 14.2 Å². The summed E-state index contributed by atoms with van der Waals surface area (Å²) in [7, 11) is 4.81. The van der Waals surface area contributed by atoms with Crippen molar-refractivity contribution in [2.75, 3.05) is 21.3 Å². The molecule has 0 aliphatic rings. The molecule has 3 heteroatoms. The first-order chi connectivity index (χ1) is 8.80. The first-order valence-corrected chi connectivity index (χ1v) is 5.58. The lowest BCUT2D eigenvalue weighted by atomic mass is 10.0. The van der Waals surface area contributed by atoms with E-state index in [1.165, 1.54) is 0 Å². The molecule has 3 nitrogen and oxygen atoms in total. The molecule has 0 heterocycles. The molecule has 1 radical (unpaired) electrons. The van der Waals surface area contributed by atoms with Crippen molar-refractivity contribution in [2.24, 2.45) is 0 Å². The lowest BCUT2D eigenvalue weighted by molar-refractivity contribution is 0.349. The minimum absolute atomic E-state index is 0.538. The van der Waals surface area contributed by atoms with Crippen LogP contribution in [0.15, 0.2) is 36.4 Å². The second-order valence-corrected chi connectivity index (χ2v) is 3.68. The Labute approximate surface area is 107 Å². The molecule has 0 unspecified atom stereocenters. The second-order valence-electron chi connectivity index (χ2n) is 3.68. The SMILES string of the molecule is COc1[c]c(OC)c(OC)c(-c2ccccc2)c1. The molecule has 93 valence electrons. The number of rotatable bonds is 4. The molecule has 0 saturated carbocycles. The van der Waals surface area contributed by atoms with E-state index in [4.69, 9.17) is 14.2 Å². The predicted molar refractivity (Wildman–Crippen MR) is 70.4 cm³/mol. The Morgan fingerprint density at radius 3 is 2.17 bits per heavy atom. The topological polar surface area (TPSA) is 27.7 Å². The smallest absolute Gasteiger partial charge is 0.173 e. The fraction of sp³-hybridized carbons (Fsp3) is 0.200. The van der Waals surface area contributed by atoms with E-state index in [-0.39, 0.29) is 0 Å². The fourth-order valence-electron chi connectivity index (χ4n) is 1.81. The molecule has 0 amide bonds. The highest BCUT2D eigenvalue weighted by molar-refractivity contribution is 5.75. The lowest BCUT2D eigenvalue weighted by Crippen LogP contribution is -1.95. The van der Waals surface area contributed by atoms with Crippen LogP contribution in [0.2, 0.25) is 0 Å². The van der Waals surface area contributed by atoms with Crippen LogP contribution in [0.1, 0.15) is 0 Å². The van der Waals surface area contributed by atoms with Gasteiger partial charge in [0.2, 0.25) is 0 Å². The largest absolute Gasteiger partial charge is 0.496 e. The van der Waals surface area contributed by atoms with Crippen molar-refractivity contribution in [2.45, 2.75) is 0 Å². The summed E-state index contributed by atoms with van der Waals surface area (Å²) in [5.41, 5.74) is 1.96. The van der Waals surface area contributed by atoms with Gasteiger partial charge in [0, 0.05) is 5.56 Å². The highest BCUT2D eigenvalue weighted by atomic mass is 16.5. The molecular weight excluding hydrogens is 228 g/mol. The summed E-state index contributed by atoms with van der Waals surface area (Å²) in [6.07, 6.45) is 0. The van der Waals surface area contributed by atoms with Gasteiger partial charge in [0.15, 0.2) is 11.5 Å². The van der Waals surface area contributed by atoms with Crippen LogP contribution in [-0.4, -0.2) is 21.3 Å². The van der Waals surface area contributed by atoms with Crippen LogP contribution in [0.4, 0.5) is 0 Å². The van der Waals surface area contributed by atoms with Gasteiger partial charge in [0.1, 0.15) is 5.75 Å². The van der Waals surface area contributed by atoms with Gasteiger partial charge in [-0.25, -0.2) is 0 Å². The Balaban J connectivity index is 2.64. The maximum Gasteiger partial charge on any atom is 0.173 e. The molecule has 0 aliphatic heterocycles. The Morgan fingerprint density at radius 2 is 1.61 bits per heavy atom. The second kappa shape index (κ2) is 5.45. The maximum absolute atomic E-state index is 5.41. The standard InChI is InChI=1S/C15H15O3/c1-16-12-9-13(11-7-5-4-6-8-11)15(18-3)14(10-12)17-2/h4-9H,1-3H3. The van der Waals surface area contributed by atoms with Gasteiger partial charge in [-0.1, -0.05) is 30.3 Å². The highest BCUT2D eigenvalue weighted by Crippen LogP contribution is 2.40. The van der Waals surface area contributed by atoms with E-state index in [0.717, 1.165) is 11.1 Å². The molecule has 2 rings (SSSR count). The molecule has 2 aromatic rings. The molecule has 0 aliphatic carbocycles. The zero-order valence-corrected chi connectivity index (χ0v) is 10.7. The molecule has 0 fully saturated rings. The zero-order valence-electron chi connectivity index (χ0n) is 10.7. The summed E-state index contributed by atoms with van der Waals surface area (Å²) in [5, 5.41) is 0. The molecule has 18 heavy (non-hydrogen) atoms. The van der Waals surface area contributed by atoms with Crippen molar-refractivity contribution in [1.82, 2.24) is 0 Å². The highest BCUT2D eigenvalue weighted by Gasteiger charge is 2.14. The summed E-state index contributed by atoms with van der Waals surface area (Å²) in [6, 6.07) is 14.8. The lowest BCUT2D eigenvalue weighted by Gasteiger charge is -2.14. The third kappa shape index (κ3) is 2.25. The first-order valence-electron chi connectivity index (χ1n) is 5.58. The molecule has 0 N–H and O–H groups in total. The van der Waals surface area contributed by atoms with Crippen LogP contribution in [-0.2, 0) is 0 Å². The van der Waals surface area contributed by atoms with Crippen molar-refractivity contribution in [3.63, 3.8) is 0 Å². The van der Waals surface area contributed by atoms with Gasteiger partial charge in [-0.15, -0.1) is 0 Å². The Hall–Kier alpha value is -2.16. The molecule has 0 aromatic heterocycles. The quantitative estimate of drug-likeness (QED) is 0.825. The van der Waals surface area contributed by atoms with Crippen molar-refractivity contribution >= 4 is 0 Å². The van der Waals surface area contributed by atoms with Gasteiger partial charge in [-0.2, -0.15) is 0 Å². The van der Waals surface area contributed by atoms with E-state index >= 15 is 0 Å². The normalized spacial score (nSPS) is 9.94. The van der Waals surface area contributed by atoms with Gasteiger partial charge in [0.05, 0.1) is 27.4 Å². The fourth-order valence-corrected chi connectivity index (χ4v) is 1.81. The third-order valence-electron chi connectivity index (χ3n) is 2.68. The van der Waals surface area contributed by atoms with Crippen molar-refractivity contribution in [1.29, 1.82) is 0 Å². The van der Waals surface area contributed by atoms with Crippen LogP contribution in [0.25, 0.3) is 11.1 Å². The van der Waals surface area contributed by atoms with Gasteiger partial charge in [-0.3, -0.25) is 0 Å². The van der Waals surface area contributed by atoms with Gasteiger partial charge in [-0.05, 0) is 11.6 Å². The Bertz CT molecular complexity index is 521. The van der Waals surface area contributed by atoms with Crippen molar-refractivity contribution in [3.05, 3.63) is 42.5 Å². The first kappa shape index (κ1) is 12.3. The molecular formula is C15H15O3. The van der Waals surface area contributed by atoms with Crippen LogP contribution in [0, 0.1) is 6.07 Å².